The van der Waals surface area contributed by atoms with Gasteiger partial charge in [0.25, 0.3) is 0 Å². The first-order valence-electron chi connectivity index (χ1n) is 6.58. The summed E-state index contributed by atoms with van der Waals surface area (Å²) < 4.78 is 5.42. The number of benzene rings is 1. The topological polar surface area (TPSA) is 45.5 Å². The van der Waals surface area contributed by atoms with Gasteiger partial charge in [-0.15, -0.1) is 11.8 Å². The van der Waals surface area contributed by atoms with Crippen molar-refractivity contribution >= 4 is 17.8 Å². The molecule has 2 heterocycles. The number of furan rings is 1. The molecule has 0 saturated carbocycles. The molecule has 0 aliphatic carbocycles. The first-order chi connectivity index (χ1) is 9.84. The number of carbonyl (C=O) groups excluding carboxylic acids is 1. The Balaban J connectivity index is 1.62. The van der Waals surface area contributed by atoms with E-state index in [-0.39, 0.29) is 11.4 Å². The fourth-order valence-corrected chi connectivity index (χ4v) is 3.43. The van der Waals surface area contributed by atoms with Crippen molar-refractivity contribution in [1.29, 1.82) is 0 Å². The third-order valence-corrected chi connectivity index (χ3v) is 4.45. The molecule has 1 aromatic carbocycles. The van der Waals surface area contributed by atoms with Gasteiger partial charge in [0.15, 0.2) is 0 Å². The van der Waals surface area contributed by atoms with Crippen molar-refractivity contribution in [2.24, 2.45) is 0 Å². The Kier molecular flexibility index (Phi) is 3.97. The van der Waals surface area contributed by atoms with Crippen molar-refractivity contribution < 1.29 is 9.21 Å². The number of carbonyl (C=O) groups is 1. The molecular weight excluding hydrogens is 272 g/mol. The lowest BCUT2D eigenvalue weighted by molar-refractivity contribution is 0.195. The normalized spacial score (nSPS) is 18.2. The Morgan fingerprint density at radius 3 is 2.90 bits per heavy atom. The number of rotatable bonds is 3. The summed E-state index contributed by atoms with van der Waals surface area (Å²) in [5.41, 5.74) is 1.10. The predicted molar refractivity (Wildman–Crippen MR) is 79.3 cm³/mol. The number of nitrogens with zero attached hydrogens (tertiary/aromatic N) is 1. The van der Waals surface area contributed by atoms with Crippen molar-refractivity contribution in [3.63, 3.8) is 0 Å². The molecule has 1 aliphatic rings. The van der Waals surface area contributed by atoms with E-state index < -0.39 is 0 Å². The number of hydrogen-bond acceptors (Lipinski definition) is 3. The average molecular weight is 288 g/mol. The predicted octanol–water partition coefficient (Wildman–Crippen LogP) is 3.24. The van der Waals surface area contributed by atoms with Crippen LogP contribution in [-0.4, -0.2) is 23.2 Å². The summed E-state index contributed by atoms with van der Waals surface area (Å²) in [4.78, 5) is 14.1. The van der Waals surface area contributed by atoms with Crippen LogP contribution < -0.4 is 5.32 Å². The van der Waals surface area contributed by atoms with E-state index in [1.165, 1.54) is 0 Å². The molecule has 4 nitrogen and oxygen atoms in total. The van der Waals surface area contributed by atoms with Crippen molar-refractivity contribution in [1.82, 2.24) is 10.2 Å². The van der Waals surface area contributed by atoms with Gasteiger partial charge in [0.2, 0.25) is 0 Å². The number of urea groups is 1. The van der Waals surface area contributed by atoms with E-state index >= 15 is 0 Å². The molecule has 1 aliphatic heterocycles. The van der Waals surface area contributed by atoms with Crippen molar-refractivity contribution in [2.75, 3.05) is 12.3 Å². The number of thioether (sulfide) groups is 1. The molecule has 2 amide bonds. The van der Waals surface area contributed by atoms with Crippen LogP contribution in [0, 0.1) is 0 Å². The van der Waals surface area contributed by atoms with Crippen LogP contribution in [0.5, 0.6) is 0 Å². The highest BCUT2D eigenvalue weighted by Gasteiger charge is 2.32. The molecule has 5 heteroatoms. The van der Waals surface area contributed by atoms with Gasteiger partial charge in [0.05, 0.1) is 6.26 Å². The standard InChI is InChI=1S/C15H16N2O2S/c18-15(16-11-12-5-2-1-3-6-12)17-8-10-20-14(17)13-7-4-9-19-13/h1-7,9,14H,8,10-11H2,(H,16,18). The second kappa shape index (κ2) is 6.05. The summed E-state index contributed by atoms with van der Waals surface area (Å²) in [6.45, 7) is 1.29. The minimum absolute atomic E-state index is 0.0132. The number of amides is 2. The monoisotopic (exact) mass is 288 g/mol. The Labute approximate surface area is 122 Å². The van der Waals surface area contributed by atoms with Crippen LogP contribution in [0.1, 0.15) is 16.7 Å². The van der Waals surface area contributed by atoms with Gasteiger partial charge in [0, 0.05) is 18.8 Å². The third-order valence-electron chi connectivity index (χ3n) is 3.22. The first-order valence-corrected chi connectivity index (χ1v) is 7.63. The highest BCUT2D eigenvalue weighted by molar-refractivity contribution is 7.99. The Morgan fingerprint density at radius 2 is 2.15 bits per heavy atom. The van der Waals surface area contributed by atoms with Crippen LogP contribution in [0.25, 0.3) is 0 Å². The number of hydrogen-bond donors (Lipinski definition) is 1. The molecule has 1 atom stereocenters. The summed E-state index contributed by atoms with van der Waals surface area (Å²) in [5.74, 6) is 1.77. The van der Waals surface area contributed by atoms with Gasteiger partial charge in [-0.1, -0.05) is 30.3 Å². The molecule has 0 bridgehead atoms. The van der Waals surface area contributed by atoms with Crippen LogP contribution >= 0.6 is 11.8 Å². The first kappa shape index (κ1) is 13.1. The lowest BCUT2D eigenvalue weighted by Gasteiger charge is -2.22. The molecule has 0 spiro atoms. The van der Waals surface area contributed by atoms with E-state index in [1.54, 1.807) is 18.0 Å². The molecular formula is C15H16N2O2S. The van der Waals surface area contributed by atoms with E-state index in [4.69, 9.17) is 4.42 Å². The van der Waals surface area contributed by atoms with E-state index in [0.717, 1.165) is 23.6 Å². The minimum atomic E-state index is -0.0414. The van der Waals surface area contributed by atoms with E-state index in [0.29, 0.717) is 6.54 Å². The quantitative estimate of drug-likeness (QED) is 0.943. The van der Waals surface area contributed by atoms with Crippen LogP contribution in [-0.2, 0) is 6.54 Å². The van der Waals surface area contributed by atoms with E-state index in [1.807, 2.05) is 47.4 Å². The maximum absolute atomic E-state index is 12.3. The SMILES string of the molecule is O=C(NCc1ccccc1)N1CCSC1c1ccco1. The van der Waals surface area contributed by atoms with Gasteiger partial charge < -0.3 is 14.6 Å². The van der Waals surface area contributed by atoms with Crippen LogP contribution in [0.4, 0.5) is 4.79 Å². The smallest absolute Gasteiger partial charge is 0.318 e. The van der Waals surface area contributed by atoms with E-state index in [2.05, 4.69) is 5.32 Å². The Hall–Kier alpha value is -1.88. The van der Waals surface area contributed by atoms with Crippen LogP contribution in [0.2, 0.25) is 0 Å². The molecule has 1 fully saturated rings. The minimum Gasteiger partial charge on any atom is -0.466 e. The zero-order valence-electron chi connectivity index (χ0n) is 11.0. The molecule has 1 N–H and O–H groups in total. The highest BCUT2D eigenvalue weighted by atomic mass is 32.2. The Morgan fingerprint density at radius 1 is 1.30 bits per heavy atom. The molecule has 1 saturated heterocycles. The Bertz CT molecular complexity index is 557. The van der Waals surface area contributed by atoms with Gasteiger partial charge in [0.1, 0.15) is 11.1 Å². The highest BCUT2D eigenvalue weighted by Crippen LogP contribution is 2.37. The summed E-state index contributed by atoms with van der Waals surface area (Å²) >= 11 is 1.73. The van der Waals surface area contributed by atoms with Gasteiger partial charge >= 0.3 is 6.03 Å². The van der Waals surface area contributed by atoms with Crippen molar-refractivity contribution in [3.8, 4) is 0 Å². The largest absolute Gasteiger partial charge is 0.466 e. The molecule has 20 heavy (non-hydrogen) atoms. The molecule has 1 unspecified atom stereocenters. The summed E-state index contributed by atoms with van der Waals surface area (Å²) in [6, 6.07) is 13.6. The van der Waals surface area contributed by atoms with Gasteiger partial charge in [-0.3, -0.25) is 0 Å². The molecule has 1 aromatic heterocycles. The lowest BCUT2D eigenvalue weighted by atomic mass is 10.2. The fraction of sp³-hybridized carbons (Fsp3) is 0.267. The van der Waals surface area contributed by atoms with Gasteiger partial charge in [-0.05, 0) is 17.7 Å². The maximum Gasteiger partial charge on any atom is 0.318 e. The van der Waals surface area contributed by atoms with Crippen molar-refractivity contribution in [2.45, 2.75) is 11.9 Å². The zero-order valence-corrected chi connectivity index (χ0v) is 11.8. The number of nitrogens with one attached hydrogen (secondary N) is 1. The van der Waals surface area contributed by atoms with Gasteiger partial charge in [-0.25, -0.2) is 4.79 Å². The average Bonchev–Trinajstić information content (AvgIpc) is 3.15. The maximum atomic E-state index is 12.3. The van der Waals surface area contributed by atoms with Crippen molar-refractivity contribution in [3.05, 3.63) is 60.1 Å². The van der Waals surface area contributed by atoms with Gasteiger partial charge in [-0.2, -0.15) is 0 Å². The summed E-state index contributed by atoms with van der Waals surface area (Å²) in [5, 5.41) is 2.95. The molecule has 3 rings (SSSR count). The molecule has 104 valence electrons. The summed E-state index contributed by atoms with van der Waals surface area (Å²) in [7, 11) is 0. The molecule has 2 aromatic rings. The van der Waals surface area contributed by atoms with E-state index in [9.17, 15) is 4.79 Å². The van der Waals surface area contributed by atoms with Crippen LogP contribution in [0.3, 0.4) is 0 Å². The second-order valence-corrected chi connectivity index (χ2v) is 5.76. The second-order valence-electron chi connectivity index (χ2n) is 4.58. The zero-order chi connectivity index (χ0) is 13.8. The molecule has 0 radical (unpaired) electrons. The lowest BCUT2D eigenvalue weighted by Crippen LogP contribution is -2.38. The van der Waals surface area contributed by atoms with Crippen LogP contribution in [0.15, 0.2) is 53.1 Å². The fourth-order valence-electron chi connectivity index (χ4n) is 2.22. The summed E-state index contributed by atoms with van der Waals surface area (Å²) in [6.07, 6.45) is 1.65. The third kappa shape index (κ3) is 2.82.